The van der Waals surface area contributed by atoms with Gasteiger partial charge in [-0.2, -0.15) is 0 Å². The summed E-state index contributed by atoms with van der Waals surface area (Å²) >= 11 is 0. The average Bonchev–Trinajstić information content (AvgIpc) is 2.46. The van der Waals surface area contributed by atoms with E-state index in [0.717, 1.165) is 24.3 Å². The van der Waals surface area contributed by atoms with Gasteiger partial charge in [0.2, 0.25) is 0 Å². The number of hydrogen-bond donors (Lipinski definition) is 0. The smallest absolute Gasteiger partial charge is 0.185 e. The Hall–Kier alpha value is -2.49. The molecular formula is C16H12F2O2. The molecule has 2 nitrogen and oxygen atoms in total. The number of carbonyl (C=O) groups excluding carboxylic acids is 1. The van der Waals surface area contributed by atoms with Crippen molar-refractivity contribution in [1.82, 2.24) is 0 Å². The van der Waals surface area contributed by atoms with Crippen LogP contribution < -0.4 is 4.74 Å². The van der Waals surface area contributed by atoms with Crippen molar-refractivity contribution in [2.24, 2.45) is 0 Å². The lowest BCUT2D eigenvalue weighted by atomic mass is 10.1. The number of methoxy groups -OCH3 is 1. The maximum atomic E-state index is 13.4. The highest BCUT2D eigenvalue weighted by molar-refractivity contribution is 6.06. The van der Waals surface area contributed by atoms with Crippen LogP contribution in [0.4, 0.5) is 8.78 Å². The highest BCUT2D eigenvalue weighted by Crippen LogP contribution is 2.15. The first kappa shape index (κ1) is 13.9. The molecule has 102 valence electrons. The predicted octanol–water partition coefficient (Wildman–Crippen LogP) is 3.87. The van der Waals surface area contributed by atoms with Crippen molar-refractivity contribution < 1.29 is 18.3 Å². The van der Waals surface area contributed by atoms with E-state index in [4.69, 9.17) is 4.74 Å². The van der Waals surface area contributed by atoms with Gasteiger partial charge in [0, 0.05) is 11.1 Å². The summed E-state index contributed by atoms with van der Waals surface area (Å²) in [5, 5.41) is 0. The molecule has 0 aliphatic heterocycles. The molecule has 20 heavy (non-hydrogen) atoms. The second-order valence-electron chi connectivity index (χ2n) is 4.06. The van der Waals surface area contributed by atoms with Gasteiger partial charge >= 0.3 is 0 Å². The number of benzene rings is 2. The van der Waals surface area contributed by atoms with E-state index in [-0.39, 0.29) is 11.3 Å². The summed E-state index contributed by atoms with van der Waals surface area (Å²) in [7, 11) is 1.53. The number of carbonyl (C=O) groups is 1. The van der Waals surface area contributed by atoms with Crippen LogP contribution in [0.1, 0.15) is 15.9 Å². The molecule has 0 spiro atoms. The molecule has 0 bridgehead atoms. The van der Waals surface area contributed by atoms with Crippen LogP contribution in [0.25, 0.3) is 6.08 Å². The summed E-state index contributed by atoms with van der Waals surface area (Å²) in [5.74, 6) is -1.12. The van der Waals surface area contributed by atoms with Gasteiger partial charge in [0.25, 0.3) is 0 Å². The van der Waals surface area contributed by atoms with Gasteiger partial charge in [0.05, 0.1) is 7.11 Å². The lowest BCUT2D eigenvalue weighted by Crippen LogP contribution is -1.95. The van der Waals surface area contributed by atoms with Gasteiger partial charge in [-0.3, -0.25) is 4.79 Å². The van der Waals surface area contributed by atoms with Gasteiger partial charge in [-0.25, -0.2) is 8.78 Å². The van der Waals surface area contributed by atoms with Gasteiger partial charge < -0.3 is 4.74 Å². The van der Waals surface area contributed by atoms with E-state index < -0.39 is 11.6 Å². The topological polar surface area (TPSA) is 26.3 Å². The third kappa shape index (κ3) is 3.09. The van der Waals surface area contributed by atoms with Crippen LogP contribution in [-0.2, 0) is 0 Å². The Balaban J connectivity index is 2.20. The molecule has 0 amide bonds. The summed E-state index contributed by atoms with van der Waals surface area (Å²) in [6.45, 7) is 0. The molecule has 0 heterocycles. The predicted molar refractivity (Wildman–Crippen MR) is 72.7 cm³/mol. The van der Waals surface area contributed by atoms with Crippen LogP contribution in [0.3, 0.4) is 0 Å². The van der Waals surface area contributed by atoms with Crippen molar-refractivity contribution in [3.63, 3.8) is 0 Å². The molecule has 0 aliphatic rings. The van der Waals surface area contributed by atoms with E-state index in [1.165, 1.54) is 13.2 Å². The molecule has 2 aromatic rings. The number of hydrogen-bond acceptors (Lipinski definition) is 2. The van der Waals surface area contributed by atoms with Gasteiger partial charge in [0.1, 0.15) is 17.4 Å². The Morgan fingerprint density at radius 3 is 2.20 bits per heavy atom. The van der Waals surface area contributed by atoms with Gasteiger partial charge in [-0.1, -0.05) is 6.07 Å². The normalized spacial score (nSPS) is 10.8. The van der Waals surface area contributed by atoms with Crippen molar-refractivity contribution in [3.05, 3.63) is 71.3 Å². The zero-order chi connectivity index (χ0) is 14.5. The zero-order valence-electron chi connectivity index (χ0n) is 10.8. The first-order valence-corrected chi connectivity index (χ1v) is 5.92. The lowest BCUT2D eigenvalue weighted by Gasteiger charge is -2.01. The van der Waals surface area contributed by atoms with Crippen molar-refractivity contribution in [2.75, 3.05) is 7.11 Å². The fraction of sp³-hybridized carbons (Fsp3) is 0.0625. The summed E-state index contributed by atoms with van der Waals surface area (Å²) in [6.07, 6.45) is 2.28. The van der Waals surface area contributed by atoms with E-state index >= 15 is 0 Å². The molecule has 2 rings (SSSR count). The maximum Gasteiger partial charge on any atom is 0.185 e. The Morgan fingerprint density at radius 1 is 1.05 bits per heavy atom. The molecular weight excluding hydrogens is 262 g/mol. The molecule has 0 fully saturated rings. The van der Waals surface area contributed by atoms with E-state index in [2.05, 4.69) is 0 Å². The zero-order valence-corrected chi connectivity index (χ0v) is 10.8. The molecule has 0 aliphatic carbocycles. The minimum atomic E-state index is -0.705. The number of ether oxygens (including phenoxy) is 1. The molecule has 0 N–H and O–H groups in total. The highest BCUT2D eigenvalue weighted by Gasteiger charge is 2.06. The molecule has 4 heteroatoms. The van der Waals surface area contributed by atoms with E-state index in [0.29, 0.717) is 11.3 Å². The number of allylic oxidation sites excluding steroid dienone is 1. The fourth-order valence-electron chi connectivity index (χ4n) is 1.68. The average molecular weight is 274 g/mol. The number of rotatable bonds is 4. The maximum absolute atomic E-state index is 13.4. The SMILES string of the molecule is COc1ccc(C(=O)/C=C/c2c(F)cccc2F)cc1. The number of halogens is 2. The van der Waals surface area contributed by atoms with Gasteiger partial charge in [-0.15, -0.1) is 0 Å². The van der Waals surface area contributed by atoms with Crippen LogP contribution in [0.15, 0.2) is 48.5 Å². The van der Waals surface area contributed by atoms with Crippen molar-refractivity contribution in [3.8, 4) is 5.75 Å². The molecule has 0 unspecified atom stereocenters. The largest absolute Gasteiger partial charge is 0.497 e. The van der Waals surface area contributed by atoms with E-state index in [9.17, 15) is 13.6 Å². The third-order valence-corrected chi connectivity index (χ3v) is 2.78. The van der Waals surface area contributed by atoms with Crippen molar-refractivity contribution in [1.29, 1.82) is 0 Å². The molecule has 0 saturated carbocycles. The third-order valence-electron chi connectivity index (χ3n) is 2.78. The minimum Gasteiger partial charge on any atom is -0.497 e. The molecule has 0 radical (unpaired) electrons. The summed E-state index contributed by atoms with van der Waals surface area (Å²) < 4.78 is 31.7. The second kappa shape index (κ2) is 6.10. The Kier molecular flexibility index (Phi) is 4.25. The van der Waals surface area contributed by atoms with Crippen LogP contribution in [0.2, 0.25) is 0 Å². The Morgan fingerprint density at radius 2 is 1.65 bits per heavy atom. The lowest BCUT2D eigenvalue weighted by molar-refractivity contribution is 0.104. The van der Waals surface area contributed by atoms with Crippen LogP contribution in [-0.4, -0.2) is 12.9 Å². The van der Waals surface area contributed by atoms with Crippen molar-refractivity contribution >= 4 is 11.9 Å². The van der Waals surface area contributed by atoms with Gasteiger partial charge in [0.15, 0.2) is 5.78 Å². The van der Waals surface area contributed by atoms with E-state index in [1.807, 2.05) is 0 Å². The quantitative estimate of drug-likeness (QED) is 0.625. The second-order valence-corrected chi connectivity index (χ2v) is 4.06. The first-order valence-electron chi connectivity index (χ1n) is 5.92. The monoisotopic (exact) mass is 274 g/mol. The van der Waals surface area contributed by atoms with Crippen molar-refractivity contribution in [2.45, 2.75) is 0 Å². The molecule has 0 aromatic heterocycles. The summed E-state index contributed by atoms with van der Waals surface area (Å²) in [6, 6.07) is 10.0. The number of ketones is 1. The van der Waals surface area contributed by atoms with Crippen LogP contribution >= 0.6 is 0 Å². The highest BCUT2D eigenvalue weighted by atomic mass is 19.1. The van der Waals surface area contributed by atoms with Gasteiger partial charge in [-0.05, 0) is 48.6 Å². The molecule has 0 atom stereocenters. The summed E-state index contributed by atoms with van der Waals surface area (Å²) in [5.41, 5.74) is 0.188. The van der Waals surface area contributed by atoms with Crippen LogP contribution in [0.5, 0.6) is 5.75 Å². The fourth-order valence-corrected chi connectivity index (χ4v) is 1.68. The first-order chi connectivity index (χ1) is 9.61. The minimum absolute atomic E-state index is 0.227. The van der Waals surface area contributed by atoms with E-state index in [1.54, 1.807) is 24.3 Å². The Bertz CT molecular complexity index is 626. The standard InChI is InChI=1S/C16H12F2O2/c1-20-12-7-5-11(6-8-12)16(19)10-9-13-14(17)3-2-4-15(13)18/h2-10H,1H3/b10-9+. The van der Waals surface area contributed by atoms with Crippen LogP contribution in [0, 0.1) is 11.6 Å². The summed E-state index contributed by atoms with van der Waals surface area (Å²) in [4.78, 5) is 11.9. The Labute approximate surface area is 115 Å². The molecule has 0 saturated heterocycles. The molecule has 2 aromatic carbocycles.